The van der Waals surface area contributed by atoms with Crippen molar-refractivity contribution in [2.45, 2.75) is 0 Å². The van der Waals surface area contributed by atoms with E-state index in [9.17, 15) is 0 Å². The van der Waals surface area contributed by atoms with Crippen molar-refractivity contribution in [3.05, 3.63) is 60.8 Å². The Kier molecular flexibility index (Phi) is 2.27. The van der Waals surface area contributed by atoms with Crippen LogP contribution in [0.4, 0.5) is 5.82 Å². The number of nitrogens with zero attached hydrogens (tertiary/aromatic N) is 4. The van der Waals surface area contributed by atoms with Gasteiger partial charge in [0.15, 0.2) is 11.6 Å². The van der Waals surface area contributed by atoms with Crippen LogP contribution in [0.1, 0.15) is 5.82 Å². The van der Waals surface area contributed by atoms with Crippen molar-refractivity contribution in [3.8, 4) is 11.3 Å². The van der Waals surface area contributed by atoms with Gasteiger partial charge in [0.2, 0.25) is 0 Å². The Hall–Kier alpha value is -3.41. The maximum absolute atomic E-state index is 6.10. The third-order valence-electron chi connectivity index (χ3n) is 4.10. The number of nitrogens with one attached hydrogen (secondary N) is 1. The normalized spacial score (nSPS) is 13.5. The van der Waals surface area contributed by atoms with E-state index in [0.717, 1.165) is 39.1 Å². The van der Waals surface area contributed by atoms with Gasteiger partial charge in [-0.1, -0.05) is 30.4 Å². The van der Waals surface area contributed by atoms with E-state index >= 15 is 0 Å². The molecular formula is C17H12N6. The van der Waals surface area contributed by atoms with Crippen LogP contribution in [0.3, 0.4) is 0 Å². The Morgan fingerprint density at radius 1 is 1.17 bits per heavy atom. The molecule has 6 heteroatoms. The minimum atomic E-state index is 0.421. The lowest BCUT2D eigenvalue weighted by Crippen LogP contribution is -2.02. The van der Waals surface area contributed by atoms with Crippen molar-refractivity contribution >= 4 is 27.8 Å². The highest BCUT2D eigenvalue weighted by atomic mass is 15.3. The molecule has 1 aromatic carbocycles. The molecule has 23 heavy (non-hydrogen) atoms. The lowest BCUT2D eigenvalue weighted by Gasteiger charge is -2.04. The molecule has 110 valence electrons. The number of nitrogens with two attached hydrogens (primary N) is 1. The number of fused-ring (bicyclic) bond motifs is 2. The van der Waals surface area contributed by atoms with Gasteiger partial charge in [-0.15, -0.1) is 0 Å². The van der Waals surface area contributed by atoms with Crippen LogP contribution in [-0.4, -0.2) is 24.6 Å². The van der Waals surface area contributed by atoms with Crippen LogP contribution in [0, 0.1) is 0 Å². The summed E-state index contributed by atoms with van der Waals surface area (Å²) in [6.45, 7) is 0. The summed E-state index contributed by atoms with van der Waals surface area (Å²) in [6.07, 6.45) is 9.36. The number of hydrogen-bond acceptors (Lipinski definition) is 4. The lowest BCUT2D eigenvalue weighted by atomic mass is 10.1. The molecule has 0 radical (unpaired) electrons. The number of allylic oxidation sites excluding steroid dienone is 4. The van der Waals surface area contributed by atoms with Gasteiger partial charge in [0.05, 0.1) is 0 Å². The van der Waals surface area contributed by atoms with E-state index in [2.05, 4.69) is 27.2 Å². The number of hydrogen-bond donors (Lipinski definition) is 2. The second-order valence-corrected chi connectivity index (χ2v) is 5.45. The van der Waals surface area contributed by atoms with Crippen molar-refractivity contribution in [1.29, 1.82) is 0 Å². The van der Waals surface area contributed by atoms with Crippen LogP contribution in [0.5, 0.6) is 0 Å². The van der Waals surface area contributed by atoms with E-state index < -0.39 is 0 Å². The van der Waals surface area contributed by atoms with Crippen molar-refractivity contribution < 1.29 is 0 Å². The van der Waals surface area contributed by atoms with Crippen LogP contribution in [0.25, 0.3) is 33.3 Å². The second kappa shape index (κ2) is 4.30. The zero-order valence-electron chi connectivity index (χ0n) is 12.1. The van der Waals surface area contributed by atoms with Gasteiger partial charge >= 0.3 is 0 Å². The molecule has 1 aliphatic carbocycles. The monoisotopic (exact) mass is 300 g/mol. The first kappa shape index (κ1) is 12.2. The molecule has 6 nitrogen and oxygen atoms in total. The highest BCUT2D eigenvalue weighted by Gasteiger charge is 2.19. The first-order chi connectivity index (χ1) is 11.3. The van der Waals surface area contributed by atoms with Gasteiger partial charge in [-0.25, -0.2) is 14.5 Å². The first-order valence-corrected chi connectivity index (χ1v) is 7.27. The topological polar surface area (TPSA) is 84.9 Å². The fraction of sp³-hybridized carbons (Fsp3) is 0. The predicted molar refractivity (Wildman–Crippen MR) is 89.6 cm³/mol. The van der Waals surface area contributed by atoms with Crippen LogP contribution in [0.2, 0.25) is 0 Å². The Morgan fingerprint density at radius 3 is 2.91 bits per heavy atom. The third kappa shape index (κ3) is 1.66. The smallest absolute Gasteiger partial charge is 0.162 e. The molecule has 3 N–H and O–H groups in total. The second-order valence-electron chi connectivity index (χ2n) is 5.45. The molecule has 0 spiro atoms. The zero-order chi connectivity index (χ0) is 15.4. The van der Waals surface area contributed by atoms with Gasteiger partial charge < -0.3 is 10.7 Å². The average Bonchev–Trinajstić information content (AvgIpc) is 3.10. The molecule has 0 aliphatic heterocycles. The molecule has 0 saturated heterocycles. The number of imidazole rings is 1. The molecule has 0 saturated carbocycles. The van der Waals surface area contributed by atoms with E-state index in [1.54, 1.807) is 4.52 Å². The fourth-order valence-electron chi connectivity index (χ4n) is 2.88. The van der Waals surface area contributed by atoms with E-state index in [1.807, 2.05) is 36.6 Å². The Labute approximate surface area is 131 Å². The summed E-state index contributed by atoms with van der Waals surface area (Å²) in [5, 5.41) is 5.48. The number of rotatable bonds is 2. The molecule has 5 rings (SSSR count). The quantitative estimate of drug-likeness (QED) is 0.596. The van der Waals surface area contributed by atoms with E-state index in [1.165, 1.54) is 6.33 Å². The Balaban J connectivity index is 1.83. The summed E-state index contributed by atoms with van der Waals surface area (Å²) in [5.74, 6) is 1.20. The van der Waals surface area contributed by atoms with Crippen molar-refractivity contribution in [1.82, 2.24) is 24.6 Å². The van der Waals surface area contributed by atoms with Gasteiger partial charge in [0, 0.05) is 22.9 Å². The molecule has 0 fully saturated rings. The van der Waals surface area contributed by atoms with Crippen LogP contribution in [0.15, 0.2) is 55.0 Å². The number of nitrogen functional groups attached to an aromatic ring is 1. The first-order valence-electron chi connectivity index (χ1n) is 7.27. The molecule has 0 bridgehead atoms. The third-order valence-corrected chi connectivity index (χ3v) is 4.10. The highest BCUT2D eigenvalue weighted by Crippen LogP contribution is 2.32. The molecule has 0 amide bonds. The minimum absolute atomic E-state index is 0.421. The fourth-order valence-corrected chi connectivity index (χ4v) is 2.88. The van der Waals surface area contributed by atoms with E-state index in [-0.39, 0.29) is 0 Å². The van der Waals surface area contributed by atoms with Crippen molar-refractivity contribution in [2.75, 3.05) is 5.73 Å². The number of aromatic nitrogens is 5. The standard InChI is InChI=1S/C17H12N6/c18-16-15-14(12-5-4-10-6-7-19-13(10)8-12)22-17(11-2-1-3-11)23(15)21-9-20-16/h1-9,19H,(H2,18,20,21). The van der Waals surface area contributed by atoms with Gasteiger partial charge in [0.1, 0.15) is 17.5 Å². The summed E-state index contributed by atoms with van der Waals surface area (Å²) < 4.78 is 1.76. The number of aromatic amines is 1. The molecular weight excluding hydrogens is 288 g/mol. The molecule has 0 atom stereocenters. The number of benzene rings is 1. The number of anilines is 1. The lowest BCUT2D eigenvalue weighted by molar-refractivity contribution is 0.880. The van der Waals surface area contributed by atoms with Crippen molar-refractivity contribution in [2.24, 2.45) is 0 Å². The molecule has 3 heterocycles. The average molecular weight is 300 g/mol. The minimum Gasteiger partial charge on any atom is -0.382 e. The molecule has 1 aliphatic rings. The van der Waals surface area contributed by atoms with E-state index in [0.29, 0.717) is 5.82 Å². The SMILES string of the molecule is Nc1ncnn2c(C3=CC=C3)nc(-c3ccc4cc[nH]c4c3)c12. The van der Waals surface area contributed by atoms with Crippen LogP contribution < -0.4 is 5.73 Å². The van der Waals surface area contributed by atoms with Gasteiger partial charge in [-0.05, 0) is 17.5 Å². The van der Waals surface area contributed by atoms with Gasteiger partial charge in [-0.2, -0.15) is 5.10 Å². The van der Waals surface area contributed by atoms with Gasteiger partial charge in [-0.3, -0.25) is 0 Å². The summed E-state index contributed by atoms with van der Waals surface area (Å²) in [7, 11) is 0. The molecule has 0 unspecified atom stereocenters. The van der Waals surface area contributed by atoms with Crippen molar-refractivity contribution in [3.63, 3.8) is 0 Å². The summed E-state index contributed by atoms with van der Waals surface area (Å²) >= 11 is 0. The van der Waals surface area contributed by atoms with Gasteiger partial charge in [0.25, 0.3) is 0 Å². The molecule has 4 aromatic rings. The molecule has 3 aromatic heterocycles. The predicted octanol–water partition coefficient (Wildman–Crippen LogP) is 2.81. The maximum Gasteiger partial charge on any atom is 0.162 e. The Morgan fingerprint density at radius 2 is 2.09 bits per heavy atom. The maximum atomic E-state index is 6.10. The van der Waals surface area contributed by atoms with Crippen LogP contribution in [-0.2, 0) is 0 Å². The van der Waals surface area contributed by atoms with Crippen LogP contribution >= 0.6 is 0 Å². The summed E-state index contributed by atoms with van der Waals surface area (Å²) in [5.41, 5.74) is 10.7. The highest BCUT2D eigenvalue weighted by molar-refractivity contribution is 5.92. The number of H-pyrrole nitrogens is 1. The van der Waals surface area contributed by atoms with E-state index in [4.69, 9.17) is 10.7 Å². The largest absolute Gasteiger partial charge is 0.382 e. The zero-order valence-corrected chi connectivity index (χ0v) is 12.1. The Bertz CT molecular complexity index is 1130. The summed E-state index contributed by atoms with van der Waals surface area (Å²) in [6, 6.07) is 8.21. The summed E-state index contributed by atoms with van der Waals surface area (Å²) in [4.78, 5) is 12.1.